The van der Waals surface area contributed by atoms with Gasteiger partial charge in [-0.25, -0.2) is 12.8 Å². The fraction of sp³-hybridized carbons (Fsp3) is 0.241. The molecule has 4 aromatic rings. The van der Waals surface area contributed by atoms with Crippen molar-refractivity contribution in [3.63, 3.8) is 0 Å². The smallest absolute Gasteiger partial charge is 0.258 e. The average Bonchev–Trinajstić information content (AvgIpc) is 2.99. The molecule has 1 aliphatic heterocycles. The Morgan fingerprint density at radius 3 is 2.29 bits per heavy atom. The molecule has 41 heavy (non-hydrogen) atoms. The highest BCUT2D eigenvalue weighted by Gasteiger charge is 2.31. The molecule has 214 valence electrons. The van der Waals surface area contributed by atoms with Crippen molar-refractivity contribution in [2.45, 2.75) is 11.4 Å². The minimum Gasteiger partial charge on any atom is -0.497 e. The number of methoxy groups -OCH3 is 2. The first-order valence-corrected chi connectivity index (χ1v) is 14.3. The van der Waals surface area contributed by atoms with Crippen LogP contribution >= 0.6 is 0 Å². The summed E-state index contributed by atoms with van der Waals surface area (Å²) in [5.41, 5.74) is 0.288. The van der Waals surface area contributed by atoms with Gasteiger partial charge in [0.05, 0.1) is 25.6 Å². The monoisotopic (exact) mass is 580 g/mol. The molecule has 3 aromatic carbocycles. The summed E-state index contributed by atoms with van der Waals surface area (Å²) in [6.45, 7) is 0.417. The zero-order valence-electron chi connectivity index (χ0n) is 22.5. The zero-order valence-corrected chi connectivity index (χ0v) is 23.4. The number of piperazine rings is 1. The van der Waals surface area contributed by atoms with E-state index in [1.807, 2.05) is 0 Å². The molecule has 0 atom stereocenters. The minimum atomic E-state index is -4.07. The average molecular weight is 581 g/mol. The first-order chi connectivity index (χ1) is 19.7. The van der Waals surface area contributed by atoms with Crippen LogP contribution in [-0.4, -0.2) is 63.6 Å². The molecule has 0 aliphatic carbocycles. The van der Waals surface area contributed by atoms with E-state index < -0.39 is 28.0 Å². The van der Waals surface area contributed by atoms with Crippen LogP contribution in [0.2, 0.25) is 0 Å². The van der Waals surface area contributed by atoms with E-state index in [0.29, 0.717) is 36.0 Å². The number of carbonyl (C=O) groups is 1. The normalized spacial score (nSPS) is 14.2. The Balaban J connectivity index is 1.43. The number of pyridine rings is 1. The number of anilines is 2. The molecule has 1 aromatic heterocycles. The van der Waals surface area contributed by atoms with E-state index in [1.165, 1.54) is 36.9 Å². The van der Waals surface area contributed by atoms with Gasteiger partial charge in [-0.15, -0.1) is 0 Å². The standard InChI is InChI=1S/C29H29FN4O6S/c1-39-20-11-12-24(26(17-20)40-2)31-28(35)19-33-18-27(21-7-3-4-8-22(21)29(33)36)41(37,38)34-15-13-32(14-16-34)25-10-6-5-9-23(25)30/h3-12,17-18H,13-16,19H2,1-2H3,(H,31,35). The van der Waals surface area contributed by atoms with Crippen LogP contribution in [0.5, 0.6) is 11.5 Å². The summed E-state index contributed by atoms with van der Waals surface area (Å²) in [6.07, 6.45) is 1.22. The Morgan fingerprint density at radius 2 is 1.61 bits per heavy atom. The van der Waals surface area contributed by atoms with E-state index in [1.54, 1.807) is 59.5 Å². The summed E-state index contributed by atoms with van der Waals surface area (Å²) in [5, 5.41) is 3.15. The highest BCUT2D eigenvalue weighted by molar-refractivity contribution is 7.89. The molecular weight excluding hydrogens is 551 g/mol. The number of benzene rings is 3. The molecule has 1 saturated heterocycles. The number of carbonyl (C=O) groups excluding carboxylic acids is 1. The zero-order chi connectivity index (χ0) is 29.1. The number of para-hydroxylation sites is 1. The molecule has 5 rings (SSSR count). The number of aromatic nitrogens is 1. The maximum atomic E-state index is 14.3. The molecule has 0 saturated carbocycles. The SMILES string of the molecule is COc1ccc(NC(=O)Cn2cc(S(=O)(=O)N3CCN(c4ccccc4F)CC3)c3ccccc3c2=O)c(OC)c1. The van der Waals surface area contributed by atoms with Gasteiger partial charge in [-0.05, 0) is 30.3 Å². The quantitative estimate of drug-likeness (QED) is 0.341. The Morgan fingerprint density at radius 1 is 0.927 bits per heavy atom. The third-order valence-electron chi connectivity index (χ3n) is 7.00. The van der Waals surface area contributed by atoms with Gasteiger partial charge in [-0.2, -0.15) is 4.31 Å². The number of halogens is 1. The second kappa shape index (κ2) is 11.6. The number of ether oxygens (including phenoxy) is 2. The molecular formula is C29H29FN4O6S. The van der Waals surface area contributed by atoms with Crippen LogP contribution in [0.15, 0.2) is 82.6 Å². The van der Waals surface area contributed by atoms with Gasteiger partial charge in [0.15, 0.2) is 0 Å². The van der Waals surface area contributed by atoms with Gasteiger partial charge >= 0.3 is 0 Å². The molecule has 1 amide bonds. The van der Waals surface area contributed by atoms with Crippen LogP contribution < -0.4 is 25.2 Å². The lowest BCUT2D eigenvalue weighted by molar-refractivity contribution is -0.116. The van der Waals surface area contributed by atoms with Crippen LogP contribution in [0, 0.1) is 5.82 Å². The van der Waals surface area contributed by atoms with E-state index in [9.17, 15) is 22.4 Å². The molecule has 0 spiro atoms. The molecule has 12 heteroatoms. The van der Waals surface area contributed by atoms with Gasteiger partial charge in [0.25, 0.3) is 5.56 Å². The summed E-state index contributed by atoms with van der Waals surface area (Å²) in [6, 6.07) is 17.6. The van der Waals surface area contributed by atoms with Crippen molar-refractivity contribution in [2.24, 2.45) is 0 Å². The van der Waals surface area contributed by atoms with Gasteiger partial charge in [-0.1, -0.05) is 30.3 Å². The first kappa shape index (κ1) is 28.1. The minimum absolute atomic E-state index is 0.0816. The third kappa shape index (κ3) is 5.61. The molecule has 0 radical (unpaired) electrons. The maximum absolute atomic E-state index is 14.3. The van der Waals surface area contributed by atoms with Crippen LogP contribution in [0.25, 0.3) is 10.8 Å². The molecule has 10 nitrogen and oxygen atoms in total. The maximum Gasteiger partial charge on any atom is 0.258 e. The van der Waals surface area contributed by atoms with Crippen molar-refractivity contribution in [1.29, 1.82) is 0 Å². The highest BCUT2D eigenvalue weighted by Crippen LogP contribution is 2.30. The van der Waals surface area contributed by atoms with E-state index in [4.69, 9.17) is 9.47 Å². The Bertz CT molecular complexity index is 1770. The Labute approximate surface area is 236 Å². The second-order valence-electron chi connectivity index (χ2n) is 9.43. The van der Waals surface area contributed by atoms with Crippen molar-refractivity contribution in [1.82, 2.24) is 8.87 Å². The summed E-state index contributed by atoms with van der Waals surface area (Å²) in [5.74, 6) is -0.0170. The predicted molar refractivity (Wildman–Crippen MR) is 154 cm³/mol. The molecule has 2 heterocycles. The number of rotatable bonds is 8. The third-order valence-corrected chi connectivity index (χ3v) is 8.93. The summed E-state index contributed by atoms with van der Waals surface area (Å²) >= 11 is 0. The van der Waals surface area contributed by atoms with Crippen LogP contribution in [0.3, 0.4) is 0 Å². The van der Waals surface area contributed by atoms with Crippen molar-refractivity contribution in [3.8, 4) is 11.5 Å². The Hall–Kier alpha value is -4.42. The molecule has 0 bridgehead atoms. The van der Waals surface area contributed by atoms with Crippen molar-refractivity contribution in [3.05, 3.63) is 89.1 Å². The number of amides is 1. The van der Waals surface area contributed by atoms with Crippen molar-refractivity contribution >= 4 is 38.1 Å². The molecule has 1 fully saturated rings. The first-order valence-electron chi connectivity index (χ1n) is 12.9. The lowest BCUT2D eigenvalue weighted by Gasteiger charge is -2.35. The van der Waals surface area contributed by atoms with Gasteiger partial charge in [0.2, 0.25) is 15.9 Å². The Kier molecular flexibility index (Phi) is 7.95. The second-order valence-corrected chi connectivity index (χ2v) is 11.3. The van der Waals surface area contributed by atoms with Crippen LogP contribution in [0.4, 0.5) is 15.8 Å². The van der Waals surface area contributed by atoms with Crippen LogP contribution in [-0.2, 0) is 21.4 Å². The van der Waals surface area contributed by atoms with E-state index >= 15 is 0 Å². The number of sulfonamides is 1. The summed E-state index contributed by atoms with van der Waals surface area (Å²) in [4.78, 5) is 28.0. The topological polar surface area (TPSA) is 110 Å². The largest absolute Gasteiger partial charge is 0.497 e. The predicted octanol–water partition coefficient (Wildman–Crippen LogP) is 3.31. The summed E-state index contributed by atoms with van der Waals surface area (Å²) < 4.78 is 55.0. The van der Waals surface area contributed by atoms with Crippen molar-refractivity contribution < 1.29 is 27.1 Å². The van der Waals surface area contributed by atoms with Gasteiger partial charge in [0.1, 0.15) is 28.8 Å². The lowest BCUT2D eigenvalue weighted by atomic mass is 10.2. The lowest BCUT2D eigenvalue weighted by Crippen LogP contribution is -2.49. The van der Waals surface area contributed by atoms with Crippen molar-refractivity contribution in [2.75, 3.05) is 50.6 Å². The number of nitrogens with zero attached hydrogens (tertiary/aromatic N) is 3. The fourth-order valence-corrected chi connectivity index (χ4v) is 6.53. The van der Waals surface area contributed by atoms with Gasteiger partial charge < -0.3 is 24.3 Å². The van der Waals surface area contributed by atoms with Gasteiger partial charge in [0, 0.05) is 49.2 Å². The molecule has 0 unspecified atom stereocenters. The van der Waals surface area contributed by atoms with E-state index in [2.05, 4.69) is 5.32 Å². The molecule has 1 N–H and O–H groups in total. The highest BCUT2D eigenvalue weighted by atomic mass is 32.2. The van der Waals surface area contributed by atoms with E-state index in [-0.39, 0.29) is 34.6 Å². The van der Waals surface area contributed by atoms with Crippen LogP contribution in [0.1, 0.15) is 0 Å². The number of fused-ring (bicyclic) bond motifs is 1. The number of nitrogens with one attached hydrogen (secondary N) is 1. The summed E-state index contributed by atoms with van der Waals surface area (Å²) in [7, 11) is -1.11. The van der Waals surface area contributed by atoms with E-state index in [0.717, 1.165) is 4.57 Å². The number of hydrogen-bond acceptors (Lipinski definition) is 7. The van der Waals surface area contributed by atoms with Gasteiger partial charge in [-0.3, -0.25) is 9.59 Å². The number of hydrogen-bond donors (Lipinski definition) is 1. The molecule has 1 aliphatic rings. The fourth-order valence-electron chi connectivity index (χ4n) is 4.89.